The zero-order chi connectivity index (χ0) is 15.5. The predicted molar refractivity (Wildman–Crippen MR) is 85.3 cm³/mol. The van der Waals surface area contributed by atoms with Gasteiger partial charge in [0.15, 0.2) is 0 Å². The van der Waals surface area contributed by atoms with Crippen LogP contribution in [0.2, 0.25) is 0 Å². The topological polar surface area (TPSA) is 63.4 Å². The Hall–Kier alpha value is -1.85. The second kappa shape index (κ2) is 6.28. The highest BCUT2D eigenvalue weighted by atomic mass is 32.2. The summed E-state index contributed by atoms with van der Waals surface area (Å²) in [5.41, 5.74) is 8.09. The molecule has 0 spiro atoms. The maximum atomic E-state index is 12.7. The summed E-state index contributed by atoms with van der Waals surface area (Å²) >= 11 is 0. The summed E-state index contributed by atoms with van der Waals surface area (Å²) in [5.74, 6) is 0. The molecule has 0 aliphatic carbocycles. The first-order valence-corrected chi connectivity index (χ1v) is 8.29. The van der Waals surface area contributed by atoms with E-state index in [1.165, 1.54) is 4.31 Å². The van der Waals surface area contributed by atoms with Gasteiger partial charge >= 0.3 is 0 Å². The van der Waals surface area contributed by atoms with Crippen molar-refractivity contribution in [2.45, 2.75) is 25.3 Å². The van der Waals surface area contributed by atoms with Crippen molar-refractivity contribution in [3.63, 3.8) is 0 Å². The van der Waals surface area contributed by atoms with E-state index in [0.717, 1.165) is 11.1 Å². The number of nitrogen functional groups attached to an aromatic ring is 1. The Bertz CT molecular complexity index is 712. The van der Waals surface area contributed by atoms with Crippen LogP contribution in [0.1, 0.15) is 18.1 Å². The van der Waals surface area contributed by atoms with Crippen molar-refractivity contribution < 1.29 is 8.42 Å². The van der Waals surface area contributed by atoms with E-state index >= 15 is 0 Å². The van der Waals surface area contributed by atoms with E-state index in [4.69, 9.17) is 5.73 Å². The highest BCUT2D eigenvalue weighted by Gasteiger charge is 2.23. The highest BCUT2D eigenvalue weighted by molar-refractivity contribution is 7.89. The van der Waals surface area contributed by atoms with Crippen LogP contribution in [-0.2, 0) is 16.6 Å². The van der Waals surface area contributed by atoms with Crippen LogP contribution < -0.4 is 5.73 Å². The number of nitrogens with two attached hydrogens (primary N) is 1. The first kappa shape index (κ1) is 15.5. The Morgan fingerprint density at radius 2 is 1.76 bits per heavy atom. The van der Waals surface area contributed by atoms with Gasteiger partial charge in [0.1, 0.15) is 0 Å². The molecule has 112 valence electrons. The molecule has 0 saturated heterocycles. The Labute approximate surface area is 126 Å². The molecule has 0 fully saturated rings. The van der Waals surface area contributed by atoms with Gasteiger partial charge in [-0.25, -0.2) is 8.42 Å². The lowest BCUT2D eigenvalue weighted by atomic mass is 10.2. The summed E-state index contributed by atoms with van der Waals surface area (Å²) in [7, 11) is -3.51. The summed E-state index contributed by atoms with van der Waals surface area (Å²) in [4.78, 5) is 0.284. The molecule has 0 atom stereocenters. The summed E-state index contributed by atoms with van der Waals surface area (Å²) in [6, 6.07) is 14.4. The van der Waals surface area contributed by atoms with Crippen LogP contribution in [0.25, 0.3) is 0 Å². The van der Waals surface area contributed by atoms with E-state index in [2.05, 4.69) is 0 Å². The number of sulfonamides is 1. The maximum Gasteiger partial charge on any atom is 0.243 e. The van der Waals surface area contributed by atoms with Gasteiger partial charge in [0.05, 0.1) is 4.90 Å². The van der Waals surface area contributed by atoms with Crippen LogP contribution >= 0.6 is 0 Å². The summed E-state index contributed by atoms with van der Waals surface area (Å²) in [6.45, 7) is 4.43. The fraction of sp³-hybridized carbons (Fsp3) is 0.250. The van der Waals surface area contributed by atoms with Gasteiger partial charge in [0.25, 0.3) is 0 Å². The molecular weight excluding hydrogens is 284 g/mol. The lowest BCUT2D eigenvalue weighted by Gasteiger charge is -2.21. The van der Waals surface area contributed by atoms with Gasteiger partial charge in [-0.3, -0.25) is 0 Å². The number of nitrogens with zero attached hydrogens (tertiary/aromatic N) is 1. The van der Waals surface area contributed by atoms with Gasteiger partial charge in [0.2, 0.25) is 10.0 Å². The molecule has 2 aromatic carbocycles. The van der Waals surface area contributed by atoms with Crippen LogP contribution in [0.15, 0.2) is 53.4 Å². The molecule has 0 aliphatic heterocycles. The van der Waals surface area contributed by atoms with Crippen molar-refractivity contribution in [1.29, 1.82) is 0 Å². The lowest BCUT2D eigenvalue weighted by Crippen LogP contribution is -2.30. The van der Waals surface area contributed by atoms with Gasteiger partial charge in [-0.05, 0) is 36.2 Å². The molecule has 0 heterocycles. The predicted octanol–water partition coefficient (Wildman–Crippen LogP) is 2.79. The molecule has 2 rings (SSSR count). The Kier molecular flexibility index (Phi) is 4.65. The summed E-state index contributed by atoms with van der Waals surface area (Å²) < 4.78 is 26.9. The van der Waals surface area contributed by atoms with E-state index in [1.807, 2.05) is 44.2 Å². The minimum absolute atomic E-state index is 0.284. The fourth-order valence-electron chi connectivity index (χ4n) is 2.11. The van der Waals surface area contributed by atoms with Crippen LogP contribution in [0, 0.1) is 6.92 Å². The van der Waals surface area contributed by atoms with Crippen molar-refractivity contribution in [2.24, 2.45) is 0 Å². The molecular formula is C16H20N2O2S. The minimum atomic E-state index is -3.51. The number of hydrogen-bond acceptors (Lipinski definition) is 3. The third-order valence-electron chi connectivity index (χ3n) is 3.43. The Morgan fingerprint density at radius 1 is 1.10 bits per heavy atom. The average Bonchev–Trinajstić information content (AvgIpc) is 2.48. The number of hydrogen-bond donors (Lipinski definition) is 1. The van der Waals surface area contributed by atoms with E-state index < -0.39 is 10.0 Å². The molecule has 0 aliphatic rings. The van der Waals surface area contributed by atoms with Crippen molar-refractivity contribution in [2.75, 3.05) is 12.3 Å². The van der Waals surface area contributed by atoms with Crippen molar-refractivity contribution in [3.8, 4) is 0 Å². The van der Waals surface area contributed by atoms with Crippen LogP contribution in [0.3, 0.4) is 0 Å². The number of benzene rings is 2. The van der Waals surface area contributed by atoms with E-state index in [1.54, 1.807) is 18.2 Å². The fourth-order valence-corrected chi connectivity index (χ4v) is 3.63. The molecule has 0 aromatic heterocycles. The number of rotatable bonds is 5. The van der Waals surface area contributed by atoms with Crippen molar-refractivity contribution >= 4 is 15.7 Å². The first-order valence-electron chi connectivity index (χ1n) is 6.85. The van der Waals surface area contributed by atoms with Crippen molar-refractivity contribution in [1.82, 2.24) is 4.31 Å². The molecule has 4 nitrogen and oxygen atoms in total. The maximum absolute atomic E-state index is 12.7. The Balaban J connectivity index is 2.33. The third kappa shape index (κ3) is 3.43. The van der Waals surface area contributed by atoms with Gasteiger partial charge in [-0.15, -0.1) is 0 Å². The smallest absolute Gasteiger partial charge is 0.243 e. The largest absolute Gasteiger partial charge is 0.399 e. The molecule has 5 heteroatoms. The second-order valence-electron chi connectivity index (χ2n) is 4.94. The summed E-state index contributed by atoms with van der Waals surface area (Å²) in [5, 5.41) is 0. The molecule has 0 saturated carbocycles. The number of aryl methyl sites for hydroxylation is 1. The van der Waals surface area contributed by atoms with Gasteiger partial charge < -0.3 is 5.73 Å². The highest BCUT2D eigenvalue weighted by Crippen LogP contribution is 2.21. The normalized spacial score (nSPS) is 11.8. The third-order valence-corrected chi connectivity index (χ3v) is 5.35. The zero-order valence-corrected chi connectivity index (χ0v) is 13.1. The van der Waals surface area contributed by atoms with Gasteiger partial charge in [-0.1, -0.05) is 37.3 Å². The quantitative estimate of drug-likeness (QED) is 0.864. The van der Waals surface area contributed by atoms with E-state index in [-0.39, 0.29) is 4.90 Å². The Morgan fingerprint density at radius 3 is 2.33 bits per heavy atom. The van der Waals surface area contributed by atoms with E-state index in [9.17, 15) is 8.42 Å². The minimum Gasteiger partial charge on any atom is -0.399 e. The van der Waals surface area contributed by atoms with Gasteiger partial charge in [0, 0.05) is 18.8 Å². The lowest BCUT2D eigenvalue weighted by molar-refractivity contribution is 0.423. The standard InChI is InChI=1S/C16H20N2O2S/c1-3-18(12-14-7-5-4-6-8-14)21(19,20)15-9-10-16(17)13(2)11-15/h4-11H,3,12,17H2,1-2H3. The average molecular weight is 304 g/mol. The van der Waals surface area contributed by atoms with E-state index in [0.29, 0.717) is 18.8 Å². The van der Waals surface area contributed by atoms with Gasteiger partial charge in [-0.2, -0.15) is 4.31 Å². The van der Waals surface area contributed by atoms with Crippen LogP contribution in [0.4, 0.5) is 5.69 Å². The zero-order valence-electron chi connectivity index (χ0n) is 12.3. The molecule has 0 amide bonds. The molecule has 0 radical (unpaired) electrons. The second-order valence-corrected chi connectivity index (χ2v) is 6.87. The van der Waals surface area contributed by atoms with Crippen LogP contribution in [0.5, 0.6) is 0 Å². The SMILES string of the molecule is CCN(Cc1ccccc1)S(=O)(=O)c1ccc(N)c(C)c1. The molecule has 0 unspecified atom stereocenters. The molecule has 2 N–H and O–H groups in total. The summed E-state index contributed by atoms with van der Waals surface area (Å²) in [6.07, 6.45) is 0. The van der Waals surface area contributed by atoms with Crippen molar-refractivity contribution in [3.05, 3.63) is 59.7 Å². The molecule has 0 bridgehead atoms. The molecule has 21 heavy (non-hydrogen) atoms. The monoisotopic (exact) mass is 304 g/mol. The number of anilines is 1. The first-order chi connectivity index (χ1) is 9.95. The van der Waals surface area contributed by atoms with Crippen LogP contribution in [-0.4, -0.2) is 19.3 Å². The molecule has 2 aromatic rings.